The van der Waals surface area contributed by atoms with Crippen molar-refractivity contribution >= 4 is 29.9 Å². The van der Waals surface area contributed by atoms with Gasteiger partial charge in [0, 0.05) is 6.54 Å². The number of hydrogen-bond acceptors (Lipinski definition) is 7. The van der Waals surface area contributed by atoms with Gasteiger partial charge in [-0.2, -0.15) is 0 Å². The molecule has 2 amide bonds. The highest BCUT2D eigenvalue weighted by molar-refractivity contribution is 5.88. The van der Waals surface area contributed by atoms with Crippen LogP contribution in [0.2, 0.25) is 0 Å². The lowest BCUT2D eigenvalue weighted by Crippen LogP contribution is -2.42. The molecule has 144 valence electrons. The Morgan fingerprint density at radius 1 is 0.960 bits per heavy atom. The summed E-state index contributed by atoms with van der Waals surface area (Å²) < 4.78 is 0. The van der Waals surface area contributed by atoms with Crippen LogP contribution < -0.4 is 16.8 Å². The van der Waals surface area contributed by atoms with Gasteiger partial charge in [-0.3, -0.25) is 14.4 Å². The van der Waals surface area contributed by atoms with Crippen molar-refractivity contribution in [1.82, 2.24) is 5.32 Å². The van der Waals surface area contributed by atoms with Gasteiger partial charge in [0.1, 0.15) is 6.04 Å². The first-order chi connectivity index (χ1) is 11.3. The standard InChI is InChI=1S/C6H13N3O3.C6H8O7/c7-4(5(10)11)2-1-3-9-6(8)12;7-3(8)1-6(13,5(11)12)2-4(9)10/h4H,1-3,7H2,(H,10,11)(H3,8,9,12);13H,1-2H2,(H,7,8)(H,9,10)(H,11,12). The minimum atomic E-state index is -2.74. The molecule has 0 aromatic rings. The summed E-state index contributed by atoms with van der Waals surface area (Å²) in [5.74, 6) is -6.05. The summed E-state index contributed by atoms with van der Waals surface area (Å²) in [6.45, 7) is 0.357. The van der Waals surface area contributed by atoms with E-state index in [1.807, 2.05) is 0 Å². The van der Waals surface area contributed by atoms with Gasteiger partial charge in [0.2, 0.25) is 0 Å². The zero-order valence-electron chi connectivity index (χ0n) is 13.0. The smallest absolute Gasteiger partial charge is 0.336 e. The van der Waals surface area contributed by atoms with Gasteiger partial charge in [0.25, 0.3) is 0 Å². The Labute approximate surface area is 141 Å². The van der Waals surface area contributed by atoms with E-state index in [4.69, 9.17) is 37.0 Å². The maximum atomic E-state index is 10.3. The fourth-order valence-corrected chi connectivity index (χ4v) is 1.37. The number of urea groups is 1. The van der Waals surface area contributed by atoms with E-state index in [1.54, 1.807) is 0 Å². The first-order valence-corrected chi connectivity index (χ1v) is 6.73. The number of hydrogen-bond donors (Lipinski definition) is 8. The zero-order chi connectivity index (χ0) is 20.2. The molecular weight excluding hydrogens is 346 g/mol. The van der Waals surface area contributed by atoms with E-state index in [2.05, 4.69) is 5.32 Å². The molecule has 10 N–H and O–H groups in total. The van der Waals surface area contributed by atoms with Crippen LogP contribution in [0, 0.1) is 0 Å². The lowest BCUT2D eigenvalue weighted by molar-refractivity contribution is -0.170. The maximum absolute atomic E-state index is 10.3. The molecule has 0 aliphatic rings. The average Bonchev–Trinajstić information content (AvgIpc) is 2.41. The second-order valence-electron chi connectivity index (χ2n) is 4.86. The minimum Gasteiger partial charge on any atom is -0.481 e. The van der Waals surface area contributed by atoms with E-state index < -0.39 is 54.4 Å². The van der Waals surface area contributed by atoms with Crippen LogP contribution in [0.4, 0.5) is 4.79 Å². The fourth-order valence-electron chi connectivity index (χ4n) is 1.37. The summed E-state index contributed by atoms with van der Waals surface area (Å²) in [5.41, 5.74) is 7.22. The molecule has 1 unspecified atom stereocenters. The molecule has 0 saturated carbocycles. The second kappa shape index (κ2) is 11.6. The van der Waals surface area contributed by atoms with Gasteiger partial charge in [-0.15, -0.1) is 0 Å². The van der Waals surface area contributed by atoms with E-state index in [1.165, 1.54) is 0 Å². The maximum Gasteiger partial charge on any atom is 0.336 e. The summed E-state index contributed by atoms with van der Waals surface area (Å²) in [7, 11) is 0. The third kappa shape index (κ3) is 13.2. The van der Waals surface area contributed by atoms with Gasteiger partial charge in [-0.25, -0.2) is 9.59 Å². The molecule has 13 nitrogen and oxygen atoms in total. The molecule has 0 spiro atoms. The Kier molecular flexibility index (Phi) is 11.3. The lowest BCUT2D eigenvalue weighted by atomic mass is 9.96. The number of primary amides is 1. The molecule has 0 saturated heterocycles. The Morgan fingerprint density at radius 2 is 1.40 bits per heavy atom. The number of aliphatic hydroxyl groups is 1. The Hall–Kier alpha value is -2.93. The molecule has 0 radical (unpaired) electrons. The van der Waals surface area contributed by atoms with E-state index in [9.17, 15) is 24.0 Å². The highest BCUT2D eigenvalue weighted by Gasteiger charge is 2.40. The molecule has 0 bridgehead atoms. The normalized spacial score (nSPS) is 11.4. The van der Waals surface area contributed by atoms with Crippen molar-refractivity contribution in [2.24, 2.45) is 11.5 Å². The number of nitrogens with one attached hydrogen (secondary N) is 1. The van der Waals surface area contributed by atoms with Crippen molar-refractivity contribution in [1.29, 1.82) is 0 Å². The molecule has 0 aliphatic heterocycles. The van der Waals surface area contributed by atoms with Crippen LogP contribution in [0.5, 0.6) is 0 Å². The van der Waals surface area contributed by atoms with Gasteiger partial charge < -0.3 is 42.3 Å². The Morgan fingerprint density at radius 3 is 1.68 bits per heavy atom. The highest BCUT2D eigenvalue weighted by atomic mass is 16.4. The number of nitrogens with two attached hydrogens (primary N) is 2. The fraction of sp³-hybridized carbons (Fsp3) is 0.583. The van der Waals surface area contributed by atoms with Crippen LogP contribution in [0.1, 0.15) is 25.7 Å². The van der Waals surface area contributed by atoms with Crippen molar-refractivity contribution in [2.75, 3.05) is 6.54 Å². The minimum absolute atomic E-state index is 0.329. The molecule has 1 atom stereocenters. The molecule has 0 aliphatic carbocycles. The Bertz CT molecular complexity index is 491. The first-order valence-electron chi connectivity index (χ1n) is 6.73. The number of carbonyl (C=O) groups is 5. The number of aliphatic carboxylic acids is 4. The summed E-state index contributed by atoms with van der Waals surface area (Å²) >= 11 is 0. The van der Waals surface area contributed by atoms with Crippen molar-refractivity contribution in [3.8, 4) is 0 Å². The summed E-state index contributed by atoms with van der Waals surface area (Å²) in [4.78, 5) is 50.8. The molecule has 25 heavy (non-hydrogen) atoms. The van der Waals surface area contributed by atoms with Crippen LogP contribution in [-0.2, 0) is 19.2 Å². The molecule has 0 aromatic carbocycles. The van der Waals surface area contributed by atoms with Crippen LogP contribution in [0.15, 0.2) is 0 Å². The number of carbonyl (C=O) groups excluding carboxylic acids is 1. The Balaban J connectivity index is 0. The quantitative estimate of drug-likeness (QED) is 0.189. The summed E-state index contributed by atoms with van der Waals surface area (Å²) in [6, 6.07) is -1.47. The predicted octanol–water partition coefficient (Wildman–Crippen LogP) is -2.40. The molecule has 0 aromatic heterocycles. The number of carboxylic acids is 4. The third-order valence-corrected chi connectivity index (χ3v) is 2.59. The summed E-state index contributed by atoms with van der Waals surface area (Å²) in [5, 5.41) is 44.5. The van der Waals surface area contributed by atoms with Crippen molar-refractivity contribution < 1.29 is 49.5 Å². The lowest BCUT2D eigenvalue weighted by Gasteiger charge is -2.18. The third-order valence-electron chi connectivity index (χ3n) is 2.59. The van der Waals surface area contributed by atoms with Crippen LogP contribution in [0.25, 0.3) is 0 Å². The molecule has 0 heterocycles. The van der Waals surface area contributed by atoms with Crippen molar-refractivity contribution in [3.05, 3.63) is 0 Å². The van der Waals surface area contributed by atoms with E-state index in [0.717, 1.165) is 0 Å². The topological polar surface area (TPSA) is 251 Å². The average molecular weight is 367 g/mol. The van der Waals surface area contributed by atoms with Gasteiger partial charge in [0.05, 0.1) is 12.8 Å². The van der Waals surface area contributed by atoms with Gasteiger partial charge in [-0.1, -0.05) is 0 Å². The van der Waals surface area contributed by atoms with E-state index >= 15 is 0 Å². The van der Waals surface area contributed by atoms with Crippen molar-refractivity contribution in [3.63, 3.8) is 0 Å². The van der Waals surface area contributed by atoms with Crippen LogP contribution >= 0.6 is 0 Å². The number of carboxylic acid groups (broad SMARTS) is 4. The zero-order valence-corrected chi connectivity index (χ0v) is 13.0. The largest absolute Gasteiger partial charge is 0.481 e. The van der Waals surface area contributed by atoms with Gasteiger partial charge >= 0.3 is 29.9 Å². The number of amides is 2. The highest BCUT2D eigenvalue weighted by Crippen LogP contribution is 2.15. The summed E-state index contributed by atoms with van der Waals surface area (Å²) in [6.07, 6.45) is -1.45. The molecule has 0 rings (SSSR count). The van der Waals surface area contributed by atoms with Crippen LogP contribution in [0.3, 0.4) is 0 Å². The molecular formula is C12H21N3O10. The van der Waals surface area contributed by atoms with Crippen LogP contribution in [-0.4, -0.2) is 73.6 Å². The first kappa shape index (κ1) is 24.3. The van der Waals surface area contributed by atoms with E-state index in [-0.39, 0.29) is 0 Å². The van der Waals surface area contributed by atoms with Gasteiger partial charge in [0.15, 0.2) is 5.60 Å². The monoisotopic (exact) mass is 367 g/mol. The molecule has 0 fully saturated rings. The van der Waals surface area contributed by atoms with Gasteiger partial charge in [-0.05, 0) is 12.8 Å². The SMILES string of the molecule is NC(=O)NCCCC(N)C(=O)O.O=C(O)CC(O)(CC(=O)O)C(=O)O. The van der Waals surface area contributed by atoms with E-state index in [0.29, 0.717) is 19.4 Å². The second-order valence-corrected chi connectivity index (χ2v) is 4.86. The number of rotatable bonds is 10. The molecule has 13 heteroatoms. The van der Waals surface area contributed by atoms with Crippen molar-refractivity contribution in [2.45, 2.75) is 37.3 Å². The predicted molar refractivity (Wildman–Crippen MR) is 79.5 cm³/mol.